The summed E-state index contributed by atoms with van der Waals surface area (Å²) in [5.74, 6) is 0. The molecule has 1 rings (SSSR count). The van der Waals surface area contributed by atoms with Crippen molar-refractivity contribution in [3.8, 4) is 0 Å². The van der Waals surface area contributed by atoms with E-state index in [9.17, 15) is 9.59 Å². The second-order valence-corrected chi connectivity index (χ2v) is 3.50. The van der Waals surface area contributed by atoms with Gasteiger partial charge in [0.15, 0.2) is 6.29 Å². The maximum absolute atomic E-state index is 11.7. The number of nitrogens with zero attached hydrogens (tertiary/aromatic N) is 2. The zero-order valence-corrected chi connectivity index (χ0v) is 10.4. The van der Waals surface area contributed by atoms with Gasteiger partial charge in [-0.15, -0.1) is 0 Å². The molecular formula is C11H18N2O4. The second kappa shape index (κ2) is 6.36. The molecule has 0 saturated heterocycles. The van der Waals surface area contributed by atoms with Crippen LogP contribution >= 0.6 is 0 Å². The van der Waals surface area contributed by atoms with E-state index >= 15 is 0 Å². The second-order valence-electron chi connectivity index (χ2n) is 3.50. The molecule has 1 aromatic heterocycles. The molecule has 0 aromatic carbocycles. The molecule has 0 radical (unpaired) electrons. The normalized spacial score (nSPS) is 11.1. The van der Waals surface area contributed by atoms with Gasteiger partial charge in [0.05, 0.1) is 6.54 Å². The first kappa shape index (κ1) is 13.7. The van der Waals surface area contributed by atoms with Gasteiger partial charge in [0.25, 0.3) is 5.56 Å². The summed E-state index contributed by atoms with van der Waals surface area (Å²) in [5.41, 5.74) is -0.723. The van der Waals surface area contributed by atoms with E-state index in [-0.39, 0.29) is 17.8 Å². The predicted molar refractivity (Wildman–Crippen MR) is 63.0 cm³/mol. The average molecular weight is 242 g/mol. The van der Waals surface area contributed by atoms with E-state index in [2.05, 4.69) is 0 Å². The van der Waals surface area contributed by atoms with Gasteiger partial charge in [-0.3, -0.25) is 9.36 Å². The van der Waals surface area contributed by atoms with Crippen LogP contribution in [0.1, 0.15) is 13.8 Å². The highest BCUT2D eigenvalue weighted by Gasteiger charge is 2.12. The highest BCUT2D eigenvalue weighted by Crippen LogP contribution is 1.96. The van der Waals surface area contributed by atoms with Crippen molar-refractivity contribution >= 4 is 0 Å². The van der Waals surface area contributed by atoms with Crippen molar-refractivity contribution in [2.75, 3.05) is 13.2 Å². The molecule has 96 valence electrons. The molecule has 17 heavy (non-hydrogen) atoms. The SMILES string of the molecule is CCOC(Cn1c(=O)ccn(C)c1=O)OCC. The van der Waals surface area contributed by atoms with Crippen molar-refractivity contribution in [1.29, 1.82) is 0 Å². The lowest BCUT2D eigenvalue weighted by Crippen LogP contribution is -2.41. The van der Waals surface area contributed by atoms with Crippen LogP contribution in [0.25, 0.3) is 0 Å². The topological polar surface area (TPSA) is 62.5 Å². The van der Waals surface area contributed by atoms with Crippen LogP contribution in [0.5, 0.6) is 0 Å². The third-order valence-corrected chi connectivity index (χ3v) is 2.28. The number of hydrogen-bond acceptors (Lipinski definition) is 4. The summed E-state index contributed by atoms with van der Waals surface area (Å²) in [4.78, 5) is 23.3. The van der Waals surface area contributed by atoms with Crippen LogP contribution in [0.3, 0.4) is 0 Å². The number of rotatable bonds is 6. The summed E-state index contributed by atoms with van der Waals surface area (Å²) >= 11 is 0. The molecule has 0 aliphatic carbocycles. The molecule has 1 aromatic rings. The van der Waals surface area contributed by atoms with Crippen molar-refractivity contribution in [3.63, 3.8) is 0 Å². The molecule has 0 bridgehead atoms. The third-order valence-electron chi connectivity index (χ3n) is 2.28. The Kier molecular flexibility index (Phi) is 5.11. The highest BCUT2D eigenvalue weighted by molar-refractivity contribution is 4.85. The molecule has 0 aliphatic rings. The Bertz CT molecular complexity index is 457. The van der Waals surface area contributed by atoms with Gasteiger partial charge >= 0.3 is 5.69 Å². The number of ether oxygens (including phenoxy) is 2. The average Bonchev–Trinajstić information content (AvgIpc) is 2.30. The monoisotopic (exact) mass is 242 g/mol. The lowest BCUT2D eigenvalue weighted by atomic mass is 10.5. The van der Waals surface area contributed by atoms with E-state index in [1.165, 1.54) is 16.8 Å². The minimum atomic E-state index is -0.571. The van der Waals surface area contributed by atoms with Gasteiger partial charge in [-0.25, -0.2) is 4.79 Å². The first-order valence-electron chi connectivity index (χ1n) is 5.59. The van der Waals surface area contributed by atoms with Crippen LogP contribution in [-0.2, 0) is 23.1 Å². The van der Waals surface area contributed by atoms with Gasteiger partial charge < -0.3 is 14.0 Å². The third kappa shape index (κ3) is 3.54. The van der Waals surface area contributed by atoms with E-state index in [0.29, 0.717) is 13.2 Å². The predicted octanol–water partition coefficient (Wildman–Crippen LogP) is -0.0539. The van der Waals surface area contributed by atoms with Crippen LogP contribution in [0.15, 0.2) is 21.9 Å². The summed E-state index contributed by atoms with van der Waals surface area (Å²) in [5, 5.41) is 0. The number of aryl methyl sites for hydroxylation is 1. The smallest absolute Gasteiger partial charge is 0.330 e. The molecular weight excluding hydrogens is 224 g/mol. The summed E-state index contributed by atoms with van der Waals surface area (Å²) in [7, 11) is 1.59. The molecule has 0 N–H and O–H groups in total. The molecule has 1 heterocycles. The van der Waals surface area contributed by atoms with Crippen molar-refractivity contribution in [1.82, 2.24) is 9.13 Å². The molecule has 0 fully saturated rings. The molecule has 0 spiro atoms. The Balaban J connectivity index is 2.96. The van der Waals surface area contributed by atoms with E-state index in [1.807, 2.05) is 13.8 Å². The zero-order chi connectivity index (χ0) is 12.8. The maximum atomic E-state index is 11.7. The van der Waals surface area contributed by atoms with Crippen molar-refractivity contribution in [3.05, 3.63) is 33.1 Å². The zero-order valence-electron chi connectivity index (χ0n) is 10.4. The molecule has 0 amide bonds. The number of hydrogen-bond donors (Lipinski definition) is 0. The van der Waals surface area contributed by atoms with Crippen LogP contribution in [-0.4, -0.2) is 28.6 Å². The van der Waals surface area contributed by atoms with Crippen LogP contribution in [0.2, 0.25) is 0 Å². The first-order valence-corrected chi connectivity index (χ1v) is 5.59. The van der Waals surface area contributed by atoms with E-state index in [0.717, 1.165) is 4.57 Å². The van der Waals surface area contributed by atoms with Crippen molar-refractivity contribution in [2.24, 2.45) is 7.05 Å². The molecule has 0 saturated carbocycles. The Morgan fingerprint density at radius 1 is 1.24 bits per heavy atom. The summed E-state index contributed by atoms with van der Waals surface area (Å²) in [6.07, 6.45) is 0.871. The Morgan fingerprint density at radius 3 is 2.35 bits per heavy atom. The standard InChI is InChI=1S/C11H18N2O4/c1-4-16-10(17-5-2)8-13-9(14)6-7-12(3)11(13)15/h6-7,10H,4-5,8H2,1-3H3. The summed E-state index contributed by atoms with van der Waals surface area (Å²) in [6.45, 7) is 4.70. The molecule has 0 atom stereocenters. The Hall–Kier alpha value is -1.40. The molecule has 6 heteroatoms. The van der Waals surface area contributed by atoms with E-state index in [1.54, 1.807) is 7.05 Å². The number of aromatic nitrogens is 2. The van der Waals surface area contributed by atoms with Crippen LogP contribution in [0, 0.1) is 0 Å². The van der Waals surface area contributed by atoms with Gasteiger partial charge in [-0.05, 0) is 13.8 Å². The lowest BCUT2D eigenvalue weighted by molar-refractivity contribution is -0.144. The quantitative estimate of drug-likeness (QED) is 0.656. The molecule has 6 nitrogen and oxygen atoms in total. The lowest BCUT2D eigenvalue weighted by Gasteiger charge is -2.17. The van der Waals surface area contributed by atoms with Crippen LogP contribution < -0.4 is 11.2 Å². The molecule has 0 aliphatic heterocycles. The maximum Gasteiger partial charge on any atom is 0.330 e. The van der Waals surface area contributed by atoms with E-state index in [4.69, 9.17) is 9.47 Å². The molecule has 0 unspecified atom stereocenters. The van der Waals surface area contributed by atoms with Crippen LogP contribution in [0.4, 0.5) is 0 Å². The fourth-order valence-electron chi connectivity index (χ4n) is 1.46. The van der Waals surface area contributed by atoms with Gasteiger partial charge in [0, 0.05) is 32.5 Å². The minimum absolute atomic E-state index is 0.105. The summed E-state index contributed by atoms with van der Waals surface area (Å²) in [6, 6.07) is 1.34. The first-order chi connectivity index (χ1) is 8.10. The fourth-order valence-corrected chi connectivity index (χ4v) is 1.46. The highest BCUT2D eigenvalue weighted by atomic mass is 16.7. The van der Waals surface area contributed by atoms with Gasteiger partial charge in [0.2, 0.25) is 0 Å². The fraction of sp³-hybridized carbons (Fsp3) is 0.636. The Labute approximate surface area is 99.4 Å². The van der Waals surface area contributed by atoms with Gasteiger partial charge in [0.1, 0.15) is 0 Å². The largest absolute Gasteiger partial charge is 0.351 e. The van der Waals surface area contributed by atoms with Gasteiger partial charge in [-0.2, -0.15) is 0 Å². The summed E-state index contributed by atoms with van der Waals surface area (Å²) < 4.78 is 13.1. The Morgan fingerprint density at radius 2 is 1.82 bits per heavy atom. The van der Waals surface area contributed by atoms with Gasteiger partial charge in [-0.1, -0.05) is 0 Å². The van der Waals surface area contributed by atoms with Crippen molar-refractivity contribution < 1.29 is 9.47 Å². The minimum Gasteiger partial charge on any atom is -0.351 e. The van der Waals surface area contributed by atoms with E-state index < -0.39 is 6.29 Å². The van der Waals surface area contributed by atoms with Crippen molar-refractivity contribution in [2.45, 2.75) is 26.7 Å².